The number of amidine groups is 1. The van der Waals surface area contributed by atoms with Gasteiger partial charge in [0, 0.05) is 19.1 Å². The van der Waals surface area contributed by atoms with Crippen molar-refractivity contribution in [1.29, 1.82) is 0 Å². The van der Waals surface area contributed by atoms with E-state index in [1.807, 2.05) is 13.8 Å². The highest BCUT2D eigenvalue weighted by Crippen LogP contribution is 2.21. The minimum absolute atomic E-state index is 0.0616. The first-order valence-corrected chi connectivity index (χ1v) is 5.65. The standard InChI is InChI=1S/C11H18N2O2/c1-7(2)9-11(14)13-10(12-9)8-3-5-15-6-4-8/h7-9H,3-6H2,1-2H3,(H,12,13,14). The molecule has 0 aromatic rings. The minimum atomic E-state index is -0.178. The van der Waals surface area contributed by atoms with E-state index in [0.717, 1.165) is 31.9 Å². The van der Waals surface area contributed by atoms with Gasteiger partial charge in [-0.2, -0.15) is 0 Å². The molecule has 1 N–H and O–H groups in total. The van der Waals surface area contributed by atoms with E-state index in [1.165, 1.54) is 0 Å². The van der Waals surface area contributed by atoms with Crippen LogP contribution in [0.1, 0.15) is 26.7 Å². The van der Waals surface area contributed by atoms with Gasteiger partial charge in [-0.15, -0.1) is 0 Å². The quantitative estimate of drug-likeness (QED) is 0.738. The molecular weight excluding hydrogens is 192 g/mol. The average molecular weight is 210 g/mol. The Morgan fingerprint density at radius 1 is 1.40 bits per heavy atom. The van der Waals surface area contributed by atoms with Gasteiger partial charge in [-0.05, 0) is 18.8 Å². The molecule has 0 bridgehead atoms. The van der Waals surface area contributed by atoms with E-state index in [1.54, 1.807) is 0 Å². The molecule has 1 atom stereocenters. The van der Waals surface area contributed by atoms with Gasteiger partial charge < -0.3 is 10.1 Å². The molecule has 15 heavy (non-hydrogen) atoms. The van der Waals surface area contributed by atoms with Crippen LogP contribution in [-0.4, -0.2) is 31.0 Å². The molecule has 4 heteroatoms. The van der Waals surface area contributed by atoms with E-state index in [2.05, 4.69) is 10.3 Å². The number of carbonyl (C=O) groups excluding carboxylic acids is 1. The van der Waals surface area contributed by atoms with E-state index in [4.69, 9.17) is 4.74 Å². The Hall–Kier alpha value is -0.900. The molecule has 1 amide bonds. The van der Waals surface area contributed by atoms with Gasteiger partial charge in [0.25, 0.3) is 0 Å². The molecule has 4 nitrogen and oxygen atoms in total. The smallest absolute Gasteiger partial charge is 0.250 e. The molecular formula is C11H18N2O2. The van der Waals surface area contributed by atoms with Crippen LogP contribution in [0.3, 0.4) is 0 Å². The third-order valence-corrected chi connectivity index (χ3v) is 3.04. The van der Waals surface area contributed by atoms with Crippen molar-refractivity contribution in [1.82, 2.24) is 5.32 Å². The van der Waals surface area contributed by atoms with Crippen molar-refractivity contribution in [2.45, 2.75) is 32.7 Å². The number of nitrogens with one attached hydrogen (secondary N) is 1. The van der Waals surface area contributed by atoms with E-state index in [-0.39, 0.29) is 17.9 Å². The molecule has 2 rings (SSSR count). The minimum Gasteiger partial charge on any atom is -0.381 e. The molecule has 2 heterocycles. The number of carbonyl (C=O) groups is 1. The lowest BCUT2D eigenvalue weighted by atomic mass is 9.99. The summed E-state index contributed by atoms with van der Waals surface area (Å²) in [5, 5.41) is 2.91. The molecule has 2 aliphatic heterocycles. The highest BCUT2D eigenvalue weighted by Gasteiger charge is 2.32. The van der Waals surface area contributed by atoms with Crippen LogP contribution < -0.4 is 5.32 Å². The molecule has 0 aromatic heterocycles. The van der Waals surface area contributed by atoms with E-state index in [0.29, 0.717) is 5.92 Å². The monoisotopic (exact) mass is 210 g/mol. The Morgan fingerprint density at radius 2 is 2.07 bits per heavy atom. The van der Waals surface area contributed by atoms with Crippen LogP contribution in [0.5, 0.6) is 0 Å². The molecule has 1 saturated heterocycles. The Bertz CT molecular complexity index is 280. The topological polar surface area (TPSA) is 50.7 Å². The molecule has 0 aromatic carbocycles. The zero-order valence-corrected chi connectivity index (χ0v) is 9.32. The summed E-state index contributed by atoms with van der Waals surface area (Å²) < 4.78 is 5.29. The number of nitrogens with zero attached hydrogens (tertiary/aromatic N) is 1. The Balaban J connectivity index is 2.04. The van der Waals surface area contributed by atoms with Crippen molar-refractivity contribution >= 4 is 11.7 Å². The maximum Gasteiger partial charge on any atom is 0.250 e. The van der Waals surface area contributed by atoms with Gasteiger partial charge in [0.1, 0.15) is 11.9 Å². The Labute approximate surface area is 90.1 Å². The summed E-state index contributed by atoms with van der Waals surface area (Å²) >= 11 is 0. The molecule has 1 unspecified atom stereocenters. The number of aliphatic imine (C=N–C) groups is 1. The lowest BCUT2D eigenvalue weighted by molar-refractivity contribution is -0.120. The lowest BCUT2D eigenvalue weighted by Crippen LogP contribution is -2.36. The summed E-state index contributed by atoms with van der Waals surface area (Å²) in [5.74, 6) is 1.63. The maximum absolute atomic E-state index is 11.6. The second-order valence-corrected chi connectivity index (χ2v) is 4.58. The summed E-state index contributed by atoms with van der Waals surface area (Å²) in [6.45, 7) is 5.62. The summed E-state index contributed by atoms with van der Waals surface area (Å²) in [6, 6.07) is -0.178. The number of ether oxygens (including phenoxy) is 1. The van der Waals surface area contributed by atoms with Crippen LogP contribution >= 0.6 is 0 Å². The largest absolute Gasteiger partial charge is 0.381 e. The molecule has 0 aliphatic carbocycles. The molecule has 1 fully saturated rings. The van der Waals surface area contributed by atoms with Crippen molar-refractivity contribution in [2.24, 2.45) is 16.8 Å². The van der Waals surface area contributed by atoms with Crippen LogP contribution in [0.15, 0.2) is 4.99 Å². The number of hydrogen-bond acceptors (Lipinski definition) is 3. The molecule has 0 saturated carbocycles. The van der Waals surface area contributed by atoms with Crippen LogP contribution in [0.4, 0.5) is 0 Å². The predicted molar refractivity (Wildman–Crippen MR) is 57.7 cm³/mol. The summed E-state index contributed by atoms with van der Waals surface area (Å²) in [4.78, 5) is 16.1. The first-order chi connectivity index (χ1) is 7.18. The zero-order chi connectivity index (χ0) is 10.8. The zero-order valence-electron chi connectivity index (χ0n) is 9.32. The van der Waals surface area contributed by atoms with Crippen LogP contribution in [0.25, 0.3) is 0 Å². The van der Waals surface area contributed by atoms with Crippen LogP contribution in [-0.2, 0) is 9.53 Å². The molecule has 2 aliphatic rings. The first-order valence-electron chi connectivity index (χ1n) is 5.65. The highest BCUT2D eigenvalue weighted by atomic mass is 16.5. The average Bonchev–Trinajstić information content (AvgIpc) is 2.62. The second-order valence-electron chi connectivity index (χ2n) is 4.58. The van der Waals surface area contributed by atoms with Crippen molar-refractivity contribution in [3.05, 3.63) is 0 Å². The van der Waals surface area contributed by atoms with E-state index in [9.17, 15) is 4.79 Å². The fourth-order valence-electron chi connectivity index (χ4n) is 2.07. The van der Waals surface area contributed by atoms with Crippen molar-refractivity contribution in [2.75, 3.05) is 13.2 Å². The first kappa shape index (κ1) is 10.6. The van der Waals surface area contributed by atoms with Gasteiger partial charge in [0.05, 0.1) is 0 Å². The fraction of sp³-hybridized carbons (Fsp3) is 0.818. The SMILES string of the molecule is CC(C)C1N=C(C2CCOCC2)NC1=O. The van der Waals surface area contributed by atoms with Crippen molar-refractivity contribution in [3.63, 3.8) is 0 Å². The van der Waals surface area contributed by atoms with Gasteiger partial charge in [-0.3, -0.25) is 9.79 Å². The number of amides is 1. The van der Waals surface area contributed by atoms with Gasteiger partial charge in [0.15, 0.2) is 0 Å². The normalized spacial score (nSPS) is 28.1. The predicted octanol–water partition coefficient (Wildman–Crippen LogP) is 0.966. The van der Waals surface area contributed by atoms with Gasteiger partial charge >= 0.3 is 0 Å². The van der Waals surface area contributed by atoms with Crippen LogP contribution in [0.2, 0.25) is 0 Å². The molecule has 0 spiro atoms. The Morgan fingerprint density at radius 3 is 2.60 bits per heavy atom. The number of hydrogen-bond donors (Lipinski definition) is 1. The fourth-order valence-corrected chi connectivity index (χ4v) is 2.07. The van der Waals surface area contributed by atoms with Crippen LogP contribution in [0, 0.1) is 11.8 Å². The molecule has 0 radical (unpaired) electrons. The van der Waals surface area contributed by atoms with Gasteiger partial charge in [0.2, 0.25) is 5.91 Å². The lowest BCUT2D eigenvalue weighted by Gasteiger charge is -2.21. The van der Waals surface area contributed by atoms with E-state index < -0.39 is 0 Å². The maximum atomic E-state index is 11.6. The van der Waals surface area contributed by atoms with Gasteiger partial charge in [-0.25, -0.2) is 0 Å². The summed E-state index contributed by atoms with van der Waals surface area (Å²) in [7, 11) is 0. The number of rotatable bonds is 2. The summed E-state index contributed by atoms with van der Waals surface area (Å²) in [6.07, 6.45) is 1.95. The van der Waals surface area contributed by atoms with Crippen molar-refractivity contribution in [3.8, 4) is 0 Å². The Kier molecular flexibility index (Phi) is 3.05. The molecule has 84 valence electrons. The summed E-state index contributed by atoms with van der Waals surface area (Å²) in [5.41, 5.74) is 0. The van der Waals surface area contributed by atoms with E-state index >= 15 is 0 Å². The third-order valence-electron chi connectivity index (χ3n) is 3.04. The highest BCUT2D eigenvalue weighted by molar-refractivity contribution is 6.06. The second kappa shape index (κ2) is 4.31. The van der Waals surface area contributed by atoms with Crippen molar-refractivity contribution < 1.29 is 9.53 Å². The van der Waals surface area contributed by atoms with Gasteiger partial charge in [-0.1, -0.05) is 13.8 Å². The third kappa shape index (κ3) is 2.20.